The van der Waals surface area contributed by atoms with Gasteiger partial charge in [0.05, 0.1) is 13.1 Å². The number of carbonyl (C=O) groups excluding carboxylic acids is 1. The highest BCUT2D eigenvalue weighted by molar-refractivity contribution is 6.30. The Balaban J connectivity index is 2.60. The highest BCUT2D eigenvalue weighted by Gasteiger charge is 2.07. The molecule has 98 valence electrons. The molecule has 0 bridgehead atoms. The molecule has 0 aromatic heterocycles. The van der Waals surface area contributed by atoms with E-state index in [-0.39, 0.29) is 10.6 Å². The van der Waals surface area contributed by atoms with Crippen molar-refractivity contribution in [1.29, 1.82) is 0 Å². The van der Waals surface area contributed by atoms with E-state index >= 15 is 0 Å². The topological polar surface area (TPSA) is 49.4 Å². The molecule has 0 aliphatic rings. The number of hydrogen-bond acceptors (Lipinski definition) is 3. The second kappa shape index (κ2) is 5.28. The molecular formula is C14H9ClFO3-. The summed E-state index contributed by atoms with van der Waals surface area (Å²) in [6.07, 6.45) is 0. The predicted molar refractivity (Wildman–Crippen MR) is 67.7 cm³/mol. The minimum absolute atomic E-state index is 0.0465. The van der Waals surface area contributed by atoms with E-state index in [2.05, 4.69) is 0 Å². The van der Waals surface area contributed by atoms with Crippen LogP contribution in [-0.4, -0.2) is 13.1 Å². The van der Waals surface area contributed by atoms with Crippen LogP contribution in [0.2, 0.25) is 5.02 Å². The Hall–Kier alpha value is -2.07. The Morgan fingerprint density at radius 1 is 1.16 bits per heavy atom. The van der Waals surface area contributed by atoms with Gasteiger partial charge in [-0.3, -0.25) is 0 Å². The van der Waals surface area contributed by atoms with Crippen LogP contribution in [0.4, 0.5) is 4.39 Å². The van der Waals surface area contributed by atoms with E-state index < -0.39 is 11.8 Å². The lowest BCUT2D eigenvalue weighted by Crippen LogP contribution is -2.22. The van der Waals surface area contributed by atoms with Gasteiger partial charge in [0.15, 0.2) is 0 Å². The number of hydrogen-bond donors (Lipinski definition) is 0. The second-order valence-electron chi connectivity index (χ2n) is 3.90. The fourth-order valence-corrected chi connectivity index (χ4v) is 1.94. The molecule has 0 heterocycles. The summed E-state index contributed by atoms with van der Waals surface area (Å²) >= 11 is 5.78. The zero-order valence-electron chi connectivity index (χ0n) is 9.94. The fourth-order valence-electron chi connectivity index (χ4n) is 1.72. The molecule has 2 aromatic carbocycles. The van der Waals surface area contributed by atoms with Crippen LogP contribution in [0.15, 0.2) is 36.4 Å². The molecule has 19 heavy (non-hydrogen) atoms. The Labute approximate surface area is 114 Å². The molecule has 0 unspecified atom stereocenters. The molecule has 0 fully saturated rings. The number of carboxylic acid groups (broad SMARTS) is 1. The zero-order valence-corrected chi connectivity index (χ0v) is 10.7. The van der Waals surface area contributed by atoms with Gasteiger partial charge in [0, 0.05) is 10.6 Å². The smallest absolute Gasteiger partial charge is 0.125 e. The van der Waals surface area contributed by atoms with Crippen LogP contribution in [0.25, 0.3) is 11.1 Å². The molecule has 0 saturated carbocycles. The molecule has 0 aliphatic heterocycles. The SMILES string of the molecule is COc1cc(C(=O)[O-])cc(-c2cc(F)cc(Cl)c2)c1. The maximum atomic E-state index is 13.3. The third-order valence-corrected chi connectivity index (χ3v) is 2.79. The minimum Gasteiger partial charge on any atom is -0.545 e. The maximum Gasteiger partial charge on any atom is 0.125 e. The van der Waals surface area contributed by atoms with Gasteiger partial charge in [-0.05, 0) is 47.5 Å². The number of methoxy groups -OCH3 is 1. The molecule has 0 N–H and O–H groups in total. The second-order valence-corrected chi connectivity index (χ2v) is 4.33. The number of carbonyl (C=O) groups is 1. The summed E-state index contributed by atoms with van der Waals surface area (Å²) in [6, 6.07) is 8.28. The standard InChI is InChI=1S/C14H10ClFO3/c1-19-13-5-8(2-10(6-13)14(17)18)9-3-11(15)7-12(16)4-9/h2-7H,1H3,(H,17,18)/p-1. The minimum atomic E-state index is -1.33. The maximum absolute atomic E-state index is 13.3. The van der Waals surface area contributed by atoms with Gasteiger partial charge in [-0.25, -0.2) is 4.39 Å². The highest BCUT2D eigenvalue weighted by Crippen LogP contribution is 2.28. The van der Waals surface area contributed by atoms with Gasteiger partial charge in [-0.1, -0.05) is 11.6 Å². The lowest BCUT2D eigenvalue weighted by Gasteiger charge is -2.10. The van der Waals surface area contributed by atoms with Crippen LogP contribution in [0.5, 0.6) is 5.75 Å². The number of rotatable bonds is 3. The summed E-state index contributed by atoms with van der Waals surface area (Å²) in [5.41, 5.74) is 0.904. The van der Waals surface area contributed by atoms with Crippen molar-refractivity contribution in [2.24, 2.45) is 0 Å². The number of carboxylic acids is 1. The summed E-state index contributed by atoms with van der Waals surface area (Å²) in [5, 5.41) is 11.1. The van der Waals surface area contributed by atoms with Gasteiger partial charge in [-0.2, -0.15) is 0 Å². The fraction of sp³-hybridized carbons (Fsp3) is 0.0714. The molecular weight excluding hydrogens is 271 g/mol. The van der Waals surface area contributed by atoms with E-state index in [4.69, 9.17) is 16.3 Å². The van der Waals surface area contributed by atoms with E-state index in [0.29, 0.717) is 16.9 Å². The molecule has 0 spiro atoms. The van der Waals surface area contributed by atoms with Gasteiger partial charge in [0.1, 0.15) is 11.6 Å². The van der Waals surface area contributed by atoms with Crippen LogP contribution in [0.1, 0.15) is 10.4 Å². The van der Waals surface area contributed by atoms with Crippen molar-refractivity contribution < 1.29 is 19.0 Å². The van der Waals surface area contributed by atoms with Gasteiger partial charge in [0.25, 0.3) is 0 Å². The van der Waals surface area contributed by atoms with Crippen molar-refractivity contribution in [3.8, 4) is 16.9 Å². The van der Waals surface area contributed by atoms with Crippen molar-refractivity contribution in [2.75, 3.05) is 7.11 Å². The van der Waals surface area contributed by atoms with E-state index in [1.54, 1.807) is 12.1 Å². The highest BCUT2D eigenvalue weighted by atomic mass is 35.5. The average Bonchev–Trinajstić information content (AvgIpc) is 2.37. The molecule has 2 rings (SSSR count). The molecule has 3 nitrogen and oxygen atoms in total. The summed E-state index contributed by atoms with van der Waals surface area (Å²) in [7, 11) is 1.41. The number of aromatic carboxylic acids is 1. The van der Waals surface area contributed by atoms with Crippen molar-refractivity contribution in [2.45, 2.75) is 0 Å². The Kier molecular flexibility index (Phi) is 3.71. The first-order valence-corrected chi connectivity index (χ1v) is 5.74. The Morgan fingerprint density at radius 2 is 1.84 bits per heavy atom. The molecule has 2 aromatic rings. The van der Waals surface area contributed by atoms with Crippen LogP contribution in [-0.2, 0) is 0 Å². The van der Waals surface area contributed by atoms with Gasteiger partial charge in [0.2, 0.25) is 0 Å². The van der Waals surface area contributed by atoms with Crippen molar-refractivity contribution in [3.05, 3.63) is 52.8 Å². The third-order valence-electron chi connectivity index (χ3n) is 2.57. The molecule has 5 heteroatoms. The first-order valence-electron chi connectivity index (χ1n) is 5.36. The van der Waals surface area contributed by atoms with Crippen molar-refractivity contribution in [3.63, 3.8) is 0 Å². The molecule has 0 atom stereocenters. The van der Waals surface area contributed by atoms with E-state index in [0.717, 1.165) is 0 Å². The summed E-state index contributed by atoms with van der Waals surface area (Å²) < 4.78 is 18.3. The number of ether oxygens (including phenoxy) is 1. The molecule has 0 aliphatic carbocycles. The quantitative estimate of drug-likeness (QED) is 0.867. The molecule has 0 amide bonds. The van der Waals surface area contributed by atoms with Crippen molar-refractivity contribution in [1.82, 2.24) is 0 Å². The van der Waals surface area contributed by atoms with Crippen LogP contribution in [0, 0.1) is 5.82 Å². The Morgan fingerprint density at radius 3 is 2.42 bits per heavy atom. The van der Waals surface area contributed by atoms with Crippen LogP contribution >= 0.6 is 11.6 Å². The first-order chi connectivity index (χ1) is 8.99. The molecule has 0 radical (unpaired) electrons. The van der Waals surface area contributed by atoms with Gasteiger partial charge in [-0.15, -0.1) is 0 Å². The van der Waals surface area contributed by atoms with Crippen LogP contribution in [0.3, 0.4) is 0 Å². The predicted octanol–water partition coefficient (Wildman–Crippen LogP) is 2.52. The first kappa shape index (κ1) is 13.4. The monoisotopic (exact) mass is 279 g/mol. The van der Waals surface area contributed by atoms with E-state index in [1.807, 2.05) is 0 Å². The number of benzene rings is 2. The lowest BCUT2D eigenvalue weighted by atomic mass is 10.0. The van der Waals surface area contributed by atoms with Crippen molar-refractivity contribution >= 4 is 17.6 Å². The number of halogens is 2. The lowest BCUT2D eigenvalue weighted by molar-refractivity contribution is -0.255. The summed E-state index contributed by atoms with van der Waals surface area (Å²) in [6.45, 7) is 0. The van der Waals surface area contributed by atoms with Crippen LogP contribution < -0.4 is 9.84 Å². The van der Waals surface area contributed by atoms with E-state index in [9.17, 15) is 14.3 Å². The Bertz CT molecular complexity index is 620. The summed E-state index contributed by atoms with van der Waals surface area (Å²) in [4.78, 5) is 10.9. The summed E-state index contributed by atoms with van der Waals surface area (Å²) in [5.74, 6) is -1.49. The molecule has 0 saturated heterocycles. The van der Waals surface area contributed by atoms with Gasteiger partial charge < -0.3 is 14.6 Å². The van der Waals surface area contributed by atoms with E-state index in [1.165, 1.54) is 31.4 Å². The van der Waals surface area contributed by atoms with Gasteiger partial charge >= 0.3 is 0 Å². The zero-order chi connectivity index (χ0) is 14.0. The normalized spacial score (nSPS) is 10.3. The largest absolute Gasteiger partial charge is 0.545 e. The third kappa shape index (κ3) is 3.03. The average molecular weight is 280 g/mol.